The van der Waals surface area contributed by atoms with Gasteiger partial charge in [0, 0.05) is 10.7 Å². The first-order chi connectivity index (χ1) is 12.2. The van der Waals surface area contributed by atoms with Gasteiger partial charge in [0.1, 0.15) is 0 Å². The summed E-state index contributed by atoms with van der Waals surface area (Å²) in [5, 5.41) is 3.96. The third kappa shape index (κ3) is 4.21. The molecule has 0 radical (unpaired) electrons. The van der Waals surface area contributed by atoms with Crippen LogP contribution in [-0.4, -0.2) is 25.4 Å². The van der Waals surface area contributed by atoms with E-state index < -0.39 is 22.0 Å². The van der Waals surface area contributed by atoms with Crippen LogP contribution in [0.15, 0.2) is 47.4 Å². The number of carbonyl (C=O) groups is 1. The van der Waals surface area contributed by atoms with E-state index in [1.807, 2.05) is 19.1 Å². The average molecular weight is 410 g/mol. The molecule has 0 spiro atoms. The zero-order valence-electron chi connectivity index (χ0n) is 14.0. The zero-order chi connectivity index (χ0) is 18.9. The molecule has 0 aliphatic rings. The van der Waals surface area contributed by atoms with Gasteiger partial charge in [-0.1, -0.05) is 17.7 Å². The first-order valence-corrected chi connectivity index (χ1v) is 10.4. The second-order valence-electron chi connectivity index (χ2n) is 5.70. The fourth-order valence-corrected chi connectivity index (χ4v) is 4.73. The van der Waals surface area contributed by atoms with Crippen LogP contribution in [0.3, 0.4) is 0 Å². The van der Waals surface area contributed by atoms with Gasteiger partial charge in [0.2, 0.25) is 15.9 Å². The molecule has 3 rings (SSSR count). The van der Waals surface area contributed by atoms with Gasteiger partial charge >= 0.3 is 0 Å². The minimum Gasteiger partial charge on any atom is -0.325 e. The van der Waals surface area contributed by atoms with Crippen LogP contribution in [0.5, 0.6) is 0 Å². The summed E-state index contributed by atoms with van der Waals surface area (Å²) < 4.78 is 28.1. The van der Waals surface area contributed by atoms with Crippen molar-refractivity contribution in [1.29, 1.82) is 0 Å². The van der Waals surface area contributed by atoms with Crippen molar-refractivity contribution in [2.45, 2.75) is 24.8 Å². The predicted octanol–water partition coefficient (Wildman–Crippen LogP) is 3.56. The highest BCUT2D eigenvalue weighted by atomic mass is 35.5. The molecule has 3 aromatic rings. The summed E-state index contributed by atoms with van der Waals surface area (Å²) in [7, 11) is -3.85. The van der Waals surface area contributed by atoms with Gasteiger partial charge in [-0.3, -0.25) is 4.79 Å². The number of hydrogen-bond acceptors (Lipinski definition) is 5. The molecule has 0 fully saturated rings. The molecule has 1 heterocycles. The molecule has 0 bridgehead atoms. The Hall–Kier alpha value is -2.00. The van der Waals surface area contributed by atoms with Crippen molar-refractivity contribution >= 4 is 54.8 Å². The van der Waals surface area contributed by atoms with E-state index >= 15 is 0 Å². The standard InChI is InChI=1S/C17H16ClN3O3S2/c1-10(21-26(23,24)14-5-3-4-12(18)8-14)17(22)20-13-6-7-15-16(9-13)25-11(2)19-15/h3-10,21H,1-2H3,(H,20,22)/t10-/m0/s1. The summed E-state index contributed by atoms with van der Waals surface area (Å²) in [6.45, 7) is 3.39. The van der Waals surface area contributed by atoms with E-state index in [4.69, 9.17) is 11.6 Å². The number of nitrogens with one attached hydrogen (secondary N) is 2. The molecule has 136 valence electrons. The number of halogens is 1. The van der Waals surface area contributed by atoms with Gasteiger partial charge in [-0.25, -0.2) is 13.4 Å². The zero-order valence-corrected chi connectivity index (χ0v) is 16.4. The highest BCUT2D eigenvalue weighted by Crippen LogP contribution is 2.25. The second-order valence-corrected chi connectivity index (χ2v) is 9.09. The molecule has 0 aliphatic carbocycles. The summed E-state index contributed by atoms with van der Waals surface area (Å²) in [4.78, 5) is 16.7. The third-order valence-corrected chi connectivity index (χ3v) is 6.30. The largest absolute Gasteiger partial charge is 0.325 e. The van der Waals surface area contributed by atoms with Gasteiger partial charge in [-0.2, -0.15) is 4.72 Å². The molecule has 6 nitrogen and oxygen atoms in total. The fourth-order valence-electron chi connectivity index (χ4n) is 2.36. The van der Waals surface area contributed by atoms with Gasteiger partial charge in [0.05, 0.1) is 26.2 Å². The number of amides is 1. The summed E-state index contributed by atoms with van der Waals surface area (Å²) in [5.74, 6) is -0.462. The second kappa shape index (κ2) is 7.32. The lowest BCUT2D eigenvalue weighted by molar-refractivity contribution is -0.117. The molecule has 1 aromatic heterocycles. The lowest BCUT2D eigenvalue weighted by atomic mass is 10.2. The summed E-state index contributed by atoms with van der Waals surface area (Å²) in [6.07, 6.45) is 0. The van der Waals surface area contributed by atoms with Crippen LogP contribution >= 0.6 is 22.9 Å². The number of rotatable bonds is 5. The molecule has 1 atom stereocenters. The molecular weight excluding hydrogens is 394 g/mol. The Morgan fingerprint density at radius 1 is 1.23 bits per heavy atom. The molecule has 9 heteroatoms. The normalized spacial score (nSPS) is 12.9. The third-order valence-electron chi connectivity index (χ3n) is 3.59. The molecule has 0 saturated carbocycles. The van der Waals surface area contributed by atoms with E-state index in [0.29, 0.717) is 10.7 Å². The number of sulfonamides is 1. The number of thiazole rings is 1. The molecule has 26 heavy (non-hydrogen) atoms. The van der Waals surface area contributed by atoms with Crippen molar-refractivity contribution in [3.63, 3.8) is 0 Å². The molecule has 0 aliphatic heterocycles. The first kappa shape index (κ1) is 18.8. The Labute approximate surface area is 160 Å². The Morgan fingerprint density at radius 2 is 2.00 bits per heavy atom. The maximum Gasteiger partial charge on any atom is 0.242 e. The van der Waals surface area contributed by atoms with Crippen molar-refractivity contribution in [2.24, 2.45) is 0 Å². The lowest BCUT2D eigenvalue weighted by Crippen LogP contribution is -2.41. The summed E-state index contributed by atoms with van der Waals surface area (Å²) in [6, 6.07) is 10.3. The van der Waals surface area contributed by atoms with E-state index in [9.17, 15) is 13.2 Å². The van der Waals surface area contributed by atoms with Crippen LogP contribution < -0.4 is 10.0 Å². The van der Waals surface area contributed by atoms with Crippen molar-refractivity contribution in [3.05, 3.63) is 52.5 Å². The number of hydrogen-bond donors (Lipinski definition) is 2. The van der Waals surface area contributed by atoms with Crippen molar-refractivity contribution < 1.29 is 13.2 Å². The van der Waals surface area contributed by atoms with Gasteiger partial charge in [0.15, 0.2) is 0 Å². The number of anilines is 1. The van der Waals surface area contributed by atoms with Crippen LogP contribution in [0.1, 0.15) is 11.9 Å². The van der Waals surface area contributed by atoms with Gasteiger partial charge in [-0.05, 0) is 50.2 Å². The van der Waals surface area contributed by atoms with Gasteiger partial charge in [-0.15, -0.1) is 11.3 Å². The van der Waals surface area contributed by atoms with Gasteiger partial charge < -0.3 is 5.32 Å². The van der Waals surface area contributed by atoms with Crippen LogP contribution in [0.2, 0.25) is 5.02 Å². The average Bonchev–Trinajstić information content (AvgIpc) is 2.93. The van der Waals surface area contributed by atoms with E-state index in [2.05, 4.69) is 15.0 Å². The van der Waals surface area contributed by atoms with Crippen LogP contribution in [0, 0.1) is 6.92 Å². The van der Waals surface area contributed by atoms with Crippen molar-refractivity contribution in [1.82, 2.24) is 9.71 Å². The Morgan fingerprint density at radius 3 is 2.73 bits per heavy atom. The molecule has 1 amide bonds. The molecule has 2 aromatic carbocycles. The van der Waals surface area contributed by atoms with Crippen molar-refractivity contribution in [3.8, 4) is 0 Å². The predicted molar refractivity (Wildman–Crippen MR) is 104 cm³/mol. The molecule has 2 N–H and O–H groups in total. The van der Waals surface area contributed by atoms with E-state index in [1.54, 1.807) is 12.1 Å². The van der Waals surface area contributed by atoms with Crippen LogP contribution in [0.25, 0.3) is 10.2 Å². The monoisotopic (exact) mass is 409 g/mol. The number of nitrogens with zero attached hydrogens (tertiary/aromatic N) is 1. The fraction of sp³-hybridized carbons (Fsp3) is 0.176. The number of carbonyl (C=O) groups excluding carboxylic acids is 1. The Bertz CT molecular complexity index is 1080. The first-order valence-electron chi connectivity index (χ1n) is 7.70. The number of aryl methyl sites for hydroxylation is 1. The molecular formula is C17H16ClN3O3S2. The highest BCUT2D eigenvalue weighted by molar-refractivity contribution is 7.89. The van der Waals surface area contributed by atoms with E-state index in [0.717, 1.165) is 15.2 Å². The maximum absolute atomic E-state index is 12.4. The minimum absolute atomic E-state index is 0.00575. The lowest BCUT2D eigenvalue weighted by Gasteiger charge is -2.14. The summed E-state index contributed by atoms with van der Waals surface area (Å²) >= 11 is 7.36. The van der Waals surface area contributed by atoms with Crippen molar-refractivity contribution in [2.75, 3.05) is 5.32 Å². The molecule has 0 saturated heterocycles. The highest BCUT2D eigenvalue weighted by Gasteiger charge is 2.22. The van der Waals surface area contributed by atoms with Crippen LogP contribution in [0.4, 0.5) is 5.69 Å². The van der Waals surface area contributed by atoms with Gasteiger partial charge in [0.25, 0.3) is 0 Å². The van der Waals surface area contributed by atoms with Crippen LogP contribution in [-0.2, 0) is 14.8 Å². The number of aromatic nitrogens is 1. The Kier molecular flexibility index (Phi) is 5.29. The van der Waals surface area contributed by atoms with E-state index in [-0.39, 0.29) is 4.90 Å². The topological polar surface area (TPSA) is 88.2 Å². The number of fused-ring (bicyclic) bond motifs is 1. The minimum atomic E-state index is -3.85. The summed E-state index contributed by atoms with van der Waals surface area (Å²) in [5.41, 5.74) is 1.44. The quantitative estimate of drug-likeness (QED) is 0.674. The Balaban J connectivity index is 1.72. The maximum atomic E-state index is 12.4. The smallest absolute Gasteiger partial charge is 0.242 e. The van der Waals surface area contributed by atoms with E-state index in [1.165, 1.54) is 36.5 Å². The SMILES string of the molecule is Cc1nc2ccc(NC(=O)[C@H](C)NS(=O)(=O)c3cccc(Cl)c3)cc2s1. The number of benzene rings is 2. The molecule has 0 unspecified atom stereocenters.